The van der Waals surface area contributed by atoms with E-state index in [1.54, 1.807) is 4.90 Å². The van der Waals surface area contributed by atoms with Crippen LogP contribution in [0.15, 0.2) is 18.3 Å². The fourth-order valence-electron chi connectivity index (χ4n) is 1.69. The predicted molar refractivity (Wildman–Crippen MR) is 66.5 cm³/mol. The second-order valence-corrected chi connectivity index (χ2v) is 4.65. The van der Waals surface area contributed by atoms with E-state index in [-0.39, 0.29) is 18.2 Å². The molecular formula is C13H16F3N3. The van der Waals surface area contributed by atoms with Crippen molar-refractivity contribution in [3.05, 3.63) is 23.9 Å². The molecule has 0 saturated heterocycles. The first-order chi connectivity index (χ1) is 8.84. The summed E-state index contributed by atoms with van der Waals surface area (Å²) in [5.74, 6) is 0.536. The molecule has 0 aromatic carbocycles. The molecule has 19 heavy (non-hydrogen) atoms. The summed E-state index contributed by atoms with van der Waals surface area (Å²) >= 11 is 0. The monoisotopic (exact) mass is 271 g/mol. The van der Waals surface area contributed by atoms with Crippen molar-refractivity contribution in [3.63, 3.8) is 0 Å². The quantitative estimate of drug-likeness (QED) is 0.823. The zero-order valence-corrected chi connectivity index (χ0v) is 10.9. The first-order valence-corrected chi connectivity index (χ1v) is 5.99. The summed E-state index contributed by atoms with van der Waals surface area (Å²) in [5.41, 5.74) is -0.719. The van der Waals surface area contributed by atoms with Crippen LogP contribution in [0.3, 0.4) is 0 Å². The molecule has 1 rings (SSSR count). The van der Waals surface area contributed by atoms with Gasteiger partial charge in [0.25, 0.3) is 0 Å². The van der Waals surface area contributed by atoms with Crippen molar-refractivity contribution in [1.29, 1.82) is 5.26 Å². The third-order valence-electron chi connectivity index (χ3n) is 2.48. The van der Waals surface area contributed by atoms with Gasteiger partial charge in [-0.1, -0.05) is 13.8 Å². The lowest BCUT2D eigenvalue weighted by atomic mass is 10.2. The van der Waals surface area contributed by atoms with E-state index in [1.807, 2.05) is 19.9 Å². The second-order valence-electron chi connectivity index (χ2n) is 4.65. The van der Waals surface area contributed by atoms with Crippen molar-refractivity contribution in [2.24, 2.45) is 5.92 Å². The van der Waals surface area contributed by atoms with Crippen molar-refractivity contribution in [2.75, 3.05) is 18.0 Å². The molecule has 0 aliphatic rings. The minimum atomic E-state index is -4.38. The van der Waals surface area contributed by atoms with Gasteiger partial charge >= 0.3 is 6.18 Å². The van der Waals surface area contributed by atoms with Gasteiger partial charge in [-0.25, -0.2) is 4.98 Å². The maximum Gasteiger partial charge on any atom is 0.416 e. The minimum Gasteiger partial charge on any atom is -0.355 e. The zero-order chi connectivity index (χ0) is 14.5. The van der Waals surface area contributed by atoms with Gasteiger partial charge in [-0.05, 0) is 18.1 Å². The van der Waals surface area contributed by atoms with Crippen molar-refractivity contribution in [2.45, 2.75) is 26.4 Å². The normalized spacial score (nSPS) is 11.4. The lowest BCUT2D eigenvalue weighted by molar-refractivity contribution is -0.137. The second kappa shape index (κ2) is 6.41. The summed E-state index contributed by atoms with van der Waals surface area (Å²) in [6, 6.07) is 3.97. The SMILES string of the molecule is CC(C)CN(CCC#N)c1cc(C(F)(F)F)ccn1. The first kappa shape index (κ1) is 15.3. The Bertz CT molecular complexity index is 449. The molecule has 0 spiro atoms. The van der Waals surface area contributed by atoms with Crippen molar-refractivity contribution >= 4 is 5.82 Å². The third kappa shape index (κ3) is 4.78. The fraction of sp³-hybridized carbons (Fsp3) is 0.538. The van der Waals surface area contributed by atoms with Crippen LogP contribution in [0.2, 0.25) is 0 Å². The first-order valence-electron chi connectivity index (χ1n) is 5.99. The Morgan fingerprint density at radius 3 is 2.63 bits per heavy atom. The smallest absolute Gasteiger partial charge is 0.355 e. The molecule has 0 saturated carbocycles. The van der Waals surface area contributed by atoms with Gasteiger partial charge in [0.2, 0.25) is 0 Å². The standard InChI is InChI=1S/C13H16F3N3/c1-10(2)9-19(7-3-5-17)12-8-11(4-6-18-12)13(14,15)16/h4,6,8,10H,3,7,9H2,1-2H3. The molecule has 6 heteroatoms. The molecular weight excluding hydrogens is 255 g/mol. The Morgan fingerprint density at radius 1 is 1.42 bits per heavy atom. The minimum absolute atomic E-state index is 0.255. The largest absolute Gasteiger partial charge is 0.416 e. The van der Waals surface area contributed by atoms with Gasteiger partial charge in [0.1, 0.15) is 5.82 Å². The third-order valence-corrected chi connectivity index (χ3v) is 2.48. The summed E-state index contributed by atoms with van der Waals surface area (Å²) < 4.78 is 37.9. The van der Waals surface area contributed by atoms with E-state index in [0.29, 0.717) is 13.1 Å². The Labute approximate surface area is 110 Å². The number of nitriles is 1. The van der Waals surface area contributed by atoms with Crippen molar-refractivity contribution < 1.29 is 13.2 Å². The van der Waals surface area contributed by atoms with Crippen molar-refractivity contribution in [1.82, 2.24) is 4.98 Å². The summed E-state index contributed by atoms with van der Waals surface area (Å²) in [5, 5.41) is 8.60. The molecule has 0 atom stereocenters. The highest BCUT2D eigenvalue weighted by molar-refractivity contribution is 5.42. The topological polar surface area (TPSA) is 39.9 Å². The summed E-state index contributed by atoms with van der Waals surface area (Å²) in [6.45, 7) is 4.87. The van der Waals surface area contributed by atoms with E-state index in [0.717, 1.165) is 18.3 Å². The predicted octanol–water partition coefficient (Wildman–Crippen LogP) is 3.48. The Balaban J connectivity index is 2.98. The average molecular weight is 271 g/mol. The number of rotatable bonds is 5. The number of pyridine rings is 1. The van der Waals surface area contributed by atoms with Gasteiger partial charge in [0, 0.05) is 19.3 Å². The lowest BCUT2D eigenvalue weighted by Crippen LogP contribution is -2.29. The summed E-state index contributed by atoms with van der Waals surface area (Å²) in [6.07, 6.45) is -2.97. The molecule has 3 nitrogen and oxygen atoms in total. The van der Waals surface area contributed by atoms with E-state index in [2.05, 4.69) is 4.98 Å². The van der Waals surface area contributed by atoms with Gasteiger partial charge in [0.15, 0.2) is 0 Å². The van der Waals surface area contributed by atoms with Crippen LogP contribution in [0, 0.1) is 17.2 Å². The van der Waals surface area contributed by atoms with Crippen LogP contribution in [0.5, 0.6) is 0 Å². The molecule has 0 fully saturated rings. The number of alkyl halides is 3. The maximum atomic E-state index is 12.6. The highest BCUT2D eigenvalue weighted by Gasteiger charge is 2.31. The van der Waals surface area contributed by atoms with Crippen LogP contribution in [-0.2, 0) is 6.18 Å². The van der Waals surface area contributed by atoms with Crippen LogP contribution in [0.4, 0.5) is 19.0 Å². The fourth-order valence-corrected chi connectivity index (χ4v) is 1.69. The van der Waals surface area contributed by atoms with Gasteiger partial charge in [-0.3, -0.25) is 0 Å². The zero-order valence-electron chi connectivity index (χ0n) is 10.9. The highest BCUT2D eigenvalue weighted by atomic mass is 19.4. The average Bonchev–Trinajstić information content (AvgIpc) is 2.33. The molecule has 1 aromatic rings. The summed E-state index contributed by atoms with van der Waals surface area (Å²) in [7, 11) is 0. The van der Waals surface area contributed by atoms with Crippen LogP contribution in [0.1, 0.15) is 25.8 Å². The Kier molecular flexibility index (Phi) is 5.16. The number of aromatic nitrogens is 1. The summed E-state index contributed by atoms with van der Waals surface area (Å²) in [4.78, 5) is 5.69. The van der Waals surface area contributed by atoms with E-state index in [9.17, 15) is 13.2 Å². The van der Waals surface area contributed by atoms with Gasteiger partial charge in [0.05, 0.1) is 18.1 Å². The maximum absolute atomic E-state index is 12.6. The lowest BCUT2D eigenvalue weighted by Gasteiger charge is -2.25. The number of halogens is 3. The number of hydrogen-bond donors (Lipinski definition) is 0. The van der Waals surface area contributed by atoms with Gasteiger partial charge < -0.3 is 4.90 Å². The highest BCUT2D eigenvalue weighted by Crippen LogP contribution is 2.30. The van der Waals surface area contributed by atoms with Crippen molar-refractivity contribution in [3.8, 4) is 6.07 Å². The number of nitrogens with zero attached hydrogens (tertiary/aromatic N) is 3. The molecule has 1 aromatic heterocycles. The number of anilines is 1. The molecule has 104 valence electrons. The van der Waals surface area contributed by atoms with Crippen LogP contribution >= 0.6 is 0 Å². The molecule has 0 amide bonds. The van der Waals surface area contributed by atoms with Crippen LogP contribution < -0.4 is 4.90 Å². The van der Waals surface area contributed by atoms with Crippen LogP contribution in [-0.4, -0.2) is 18.1 Å². The van der Waals surface area contributed by atoms with Gasteiger partial charge in [-0.15, -0.1) is 0 Å². The van der Waals surface area contributed by atoms with E-state index < -0.39 is 11.7 Å². The Hall–Kier alpha value is -1.77. The number of hydrogen-bond acceptors (Lipinski definition) is 3. The van der Waals surface area contributed by atoms with E-state index >= 15 is 0 Å². The molecule has 0 unspecified atom stereocenters. The Morgan fingerprint density at radius 2 is 2.11 bits per heavy atom. The van der Waals surface area contributed by atoms with E-state index in [4.69, 9.17) is 5.26 Å². The van der Waals surface area contributed by atoms with E-state index in [1.165, 1.54) is 0 Å². The van der Waals surface area contributed by atoms with Gasteiger partial charge in [-0.2, -0.15) is 18.4 Å². The molecule has 1 heterocycles. The molecule has 0 N–H and O–H groups in total. The molecule has 0 bridgehead atoms. The molecule has 0 radical (unpaired) electrons. The van der Waals surface area contributed by atoms with Crippen LogP contribution in [0.25, 0.3) is 0 Å². The molecule has 0 aliphatic heterocycles. The molecule has 0 aliphatic carbocycles.